The van der Waals surface area contributed by atoms with Gasteiger partial charge >= 0.3 is 0 Å². The Bertz CT molecular complexity index is 599. The zero-order chi connectivity index (χ0) is 14.2. The van der Waals surface area contributed by atoms with E-state index in [-0.39, 0.29) is 0 Å². The van der Waals surface area contributed by atoms with Gasteiger partial charge in [0.1, 0.15) is 5.75 Å². The maximum Gasteiger partial charge on any atom is 0.191 e. The Morgan fingerprint density at radius 2 is 1.95 bits per heavy atom. The molecule has 5 heteroatoms. The van der Waals surface area contributed by atoms with Crippen LogP contribution in [0.4, 0.5) is 5.69 Å². The molecule has 0 spiro atoms. The van der Waals surface area contributed by atoms with E-state index in [9.17, 15) is 0 Å². The minimum absolute atomic E-state index is 0.422. The molecule has 2 N–H and O–H groups in total. The number of anilines is 1. The fourth-order valence-electron chi connectivity index (χ4n) is 1.56. The molecule has 0 aliphatic heterocycles. The molecule has 2 rings (SSSR count). The molecule has 102 valence electrons. The third-order valence-corrected chi connectivity index (χ3v) is 2.70. The summed E-state index contributed by atoms with van der Waals surface area (Å²) in [6, 6.07) is 17.3. The van der Waals surface area contributed by atoms with Crippen molar-refractivity contribution in [3.05, 3.63) is 60.2 Å². The number of ether oxygens (including phenoxy) is 1. The van der Waals surface area contributed by atoms with Crippen LogP contribution in [0, 0.1) is 0 Å². The predicted molar refractivity (Wildman–Crippen MR) is 86.4 cm³/mol. The molecule has 0 saturated heterocycles. The van der Waals surface area contributed by atoms with Crippen molar-refractivity contribution in [3.63, 3.8) is 0 Å². The van der Waals surface area contributed by atoms with Gasteiger partial charge in [-0.25, -0.2) is 0 Å². The molecule has 0 radical (unpaired) electrons. The van der Waals surface area contributed by atoms with E-state index in [1.807, 2.05) is 54.6 Å². The summed E-state index contributed by atoms with van der Waals surface area (Å²) in [6.07, 6.45) is 1.71. The van der Waals surface area contributed by atoms with Crippen LogP contribution in [0.3, 0.4) is 0 Å². The summed E-state index contributed by atoms with van der Waals surface area (Å²) in [4.78, 5) is 0. The molecule has 0 amide bonds. The van der Waals surface area contributed by atoms with Gasteiger partial charge in [0.15, 0.2) is 5.11 Å². The summed E-state index contributed by atoms with van der Waals surface area (Å²) in [5.41, 5.74) is 4.61. The molecule has 0 atom stereocenters. The number of hydrogen-bond acceptors (Lipinski definition) is 3. The maximum atomic E-state index is 5.15. The second-order valence-corrected chi connectivity index (χ2v) is 4.38. The van der Waals surface area contributed by atoms with E-state index < -0.39 is 0 Å². The van der Waals surface area contributed by atoms with Crippen molar-refractivity contribution in [2.45, 2.75) is 0 Å². The van der Waals surface area contributed by atoms with E-state index in [0.29, 0.717) is 5.11 Å². The Labute approximate surface area is 123 Å². The number of thiocarbonyl (C=S) groups is 1. The third-order valence-electron chi connectivity index (χ3n) is 2.51. The molecule has 0 bridgehead atoms. The molecular weight excluding hydrogens is 270 g/mol. The highest BCUT2D eigenvalue weighted by molar-refractivity contribution is 7.80. The first kappa shape index (κ1) is 14.0. The van der Waals surface area contributed by atoms with Crippen molar-refractivity contribution in [1.82, 2.24) is 5.43 Å². The van der Waals surface area contributed by atoms with Crippen LogP contribution >= 0.6 is 12.2 Å². The average Bonchev–Trinajstić information content (AvgIpc) is 2.48. The number of rotatable bonds is 4. The van der Waals surface area contributed by atoms with Crippen LogP contribution in [0.5, 0.6) is 5.75 Å². The van der Waals surface area contributed by atoms with E-state index in [2.05, 4.69) is 15.8 Å². The normalized spacial score (nSPS) is 10.2. The van der Waals surface area contributed by atoms with Crippen LogP contribution in [0.2, 0.25) is 0 Å². The standard InChI is InChI=1S/C15H15N3OS/c1-19-14-9-5-8-13(10-14)17-15(20)18-16-11-12-6-3-2-4-7-12/h2-11H,1H3,(H2,17,18,20)/b16-11-. The molecule has 0 saturated carbocycles. The smallest absolute Gasteiger partial charge is 0.191 e. The van der Waals surface area contributed by atoms with Gasteiger partial charge in [-0.05, 0) is 29.9 Å². The second kappa shape index (κ2) is 7.25. The van der Waals surface area contributed by atoms with Crippen LogP contribution in [0.1, 0.15) is 5.56 Å². The number of benzene rings is 2. The van der Waals surface area contributed by atoms with Gasteiger partial charge in [0.25, 0.3) is 0 Å². The van der Waals surface area contributed by atoms with Crippen LogP contribution in [0.25, 0.3) is 0 Å². The molecule has 0 heterocycles. The van der Waals surface area contributed by atoms with Gasteiger partial charge in [-0.2, -0.15) is 5.10 Å². The first-order valence-corrected chi connectivity index (χ1v) is 6.48. The largest absolute Gasteiger partial charge is 0.497 e. The molecule has 0 aromatic heterocycles. The van der Waals surface area contributed by atoms with Gasteiger partial charge in [-0.1, -0.05) is 36.4 Å². The summed E-state index contributed by atoms with van der Waals surface area (Å²) in [7, 11) is 1.62. The fourth-order valence-corrected chi connectivity index (χ4v) is 1.73. The molecular formula is C15H15N3OS. The highest BCUT2D eigenvalue weighted by Crippen LogP contribution is 2.16. The first-order valence-electron chi connectivity index (χ1n) is 6.07. The van der Waals surface area contributed by atoms with Crippen LogP contribution < -0.4 is 15.5 Å². The van der Waals surface area contributed by atoms with Crippen molar-refractivity contribution in [2.75, 3.05) is 12.4 Å². The van der Waals surface area contributed by atoms with Crippen LogP contribution in [-0.4, -0.2) is 18.4 Å². The molecule has 2 aromatic rings. The number of methoxy groups -OCH3 is 1. The van der Waals surface area contributed by atoms with E-state index >= 15 is 0 Å². The minimum Gasteiger partial charge on any atom is -0.497 e. The zero-order valence-electron chi connectivity index (χ0n) is 11.0. The monoisotopic (exact) mass is 285 g/mol. The van der Waals surface area contributed by atoms with Gasteiger partial charge in [-0.15, -0.1) is 0 Å². The summed E-state index contributed by atoms with van der Waals surface area (Å²) >= 11 is 5.15. The summed E-state index contributed by atoms with van der Waals surface area (Å²) in [5, 5.41) is 7.52. The van der Waals surface area contributed by atoms with Gasteiger partial charge in [0.05, 0.1) is 13.3 Å². The number of hydrogen-bond donors (Lipinski definition) is 2. The second-order valence-electron chi connectivity index (χ2n) is 3.97. The van der Waals surface area contributed by atoms with Crippen molar-refractivity contribution in [3.8, 4) is 5.75 Å². The maximum absolute atomic E-state index is 5.15. The minimum atomic E-state index is 0.422. The lowest BCUT2D eigenvalue weighted by molar-refractivity contribution is 0.415. The number of nitrogens with zero attached hydrogens (tertiary/aromatic N) is 1. The Balaban J connectivity index is 1.88. The Hall–Kier alpha value is -2.40. The lowest BCUT2D eigenvalue weighted by Crippen LogP contribution is -2.23. The molecule has 0 aliphatic carbocycles. The molecule has 4 nitrogen and oxygen atoms in total. The van der Waals surface area contributed by atoms with E-state index in [0.717, 1.165) is 17.0 Å². The average molecular weight is 285 g/mol. The van der Waals surface area contributed by atoms with E-state index in [1.165, 1.54) is 0 Å². The Kier molecular flexibility index (Phi) is 5.08. The van der Waals surface area contributed by atoms with Gasteiger partial charge in [-0.3, -0.25) is 5.43 Å². The molecule has 0 fully saturated rings. The lowest BCUT2D eigenvalue weighted by atomic mass is 10.2. The molecule has 20 heavy (non-hydrogen) atoms. The van der Waals surface area contributed by atoms with Crippen molar-refractivity contribution < 1.29 is 4.74 Å². The lowest BCUT2D eigenvalue weighted by Gasteiger charge is -2.08. The van der Waals surface area contributed by atoms with Crippen molar-refractivity contribution in [1.29, 1.82) is 0 Å². The van der Waals surface area contributed by atoms with Gasteiger partial charge in [0, 0.05) is 11.8 Å². The SMILES string of the molecule is COc1cccc(NC(=S)N/N=C\c2ccccc2)c1. The van der Waals surface area contributed by atoms with Crippen molar-refractivity contribution in [2.24, 2.45) is 5.10 Å². The molecule has 2 aromatic carbocycles. The fraction of sp³-hybridized carbons (Fsp3) is 0.0667. The highest BCUT2D eigenvalue weighted by Gasteiger charge is 1.97. The summed E-state index contributed by atoms with van der Waals surface area (Å²) < 4.78 is 5.14. The van der Waals surface area contributed by atoms with Crippen molar-refractivity contribution >= 4 is 29.2 Å². The van der Waals surface area contributed by atoms with Gasteiger partial charge < -0.3 is 10.1 Å². The van der Waals surface area contributed by atoms with Crippen LogP contribution in [0.15, 0.2) is 59.7 Å². The third kappa shape index (κ3) is 4.37. The first-order chi connectivity index (χ1) is 9.78. The Morgan fingerprint density at radius 1 is 1.15 bits per heavy atom. The summed E-state index contributed by atoms with van der Waals surface area (Å²) in [5.74, 6) is 0.769. The van der Waals surface area contributed by atoms with Gasteiger partial charge in [0.2, 0.25) is 0 Å². The number of hydrazone groups is 1. The van der Waals surface area contributed by atoms with E-state index in [4.69, 9.17) is 17.0 Å². The molecule has 0 aliphatic rings. The zero-order valence-corrected chi connectivity index (χ0v) is 11.9. The summed E-state index contributed by atoms with van der Waals surface area (Å²) in [6.45, 7) is 0. The highest BCUT2D eigenvalue weighted by atomic mass is 32.1. The molecule has 0 unspecified atom stereocenters. The quantitative estimate of drug-likeness (QED) is 0.515. The Morgan fingerprint density at radius 3 is 2.70 bits per heavy atom. The number of nitrogens with one attached hydrogen (secondary N) is 2. The van der Waals surface area contributed by atoms with E-state index in [1.54, 1.807) is 13.3 Å². The topological polar surface area (TPSA) is 45.6 Å². The van der Waals surface area contributed by atoms with Crippen LogP contribution in [-0.2, 0) is 0 Å². The predicted octanol–water partition coefficient (Wildman–Crippen LogP) is 3.02.